The summed E-state index contributed by atoms with van der Waals surface area (Å²) >= 11 is 5.79. The molecule has 0 aliphatic heterocycles. The summed E-state index contributed by atoms with van der Waals surface area (Å²) in [4.78, 5) is 67.9. The minimum Gasteiger partial charge on any atom is -0.463 e. The van der Waals surface area contributed by atoms with E-state index in [0.29, 0.717) is 0 Å². The summed E-state index contributed by atoms with van der Waals surface area (Å²) in [5, 5.41) is 12.3. The van der Waals surface area contributed by atoms with Crippen LogP contribution in [0.4, 0.5) is 5.69 Å². The fourth-order valence-corrected chi connectivity index (χ4v) is 6.91. The molecule has 3 amide bonds. The maximum atomic E-state index is 14.4. The van der Waals surface area contributed by atoms with Crippen LogP contribution in [0.1, 0.15) is 58.5 Å². The number of rotatable bonds is 17. The fourth-order valence-electron chi connectivity index (χ4n) is 6.77. The maximum Gasteiger partial charge on any atom is 0.330 e. The summed E-state index contributed by atoms with van der Waals surface area (Å²) in [6, 6.07) is 40.3. The minimum atomic E-state index is -1.13. The zero-order valence-corrected chi connectivity index (χ0v) is 32.9. The smallest absolute Gasteiger partial charge is 0.330 e. The van der Waals surface area contributed by atoms with Crippen LogP contribution < -0.4 is 21.5 Å². The van der Waals surface area contributed by atoms with Crippen molar-refractivity contribution in [3.8, 4) is 0 Å². The Labute approximate surface area is 345 Å². The molecule has 12 nitrogen and oxygen atoms in total. The van der Waals surface area contributed by atoms with Crippen molar-refractivity contribution in [3.05, 3.63) is 201 Å². The van der Waals surface area contributed by atoms with Crippen LogP contribution in [0.2, 0.25) is 5.22 Å². The van der Waals surface area contributed by atoms with E-state index in [-0.39, 0.29) is 48.4 Å². The molecule has 2 atom stereocenters. The van der Waals surface area contributed by atoms with E-state index >= 15 is 0 Å². The molecule has 3 N–H and O–H groups in total. The quantitative estimate of drug-likeness (QED) is 0.0503. The van der Waals surface area contributed by atoms with Gasteiger partial charge in [-0.2, -0.15) is 0 Å². The number of carbonyl (C=O) groups is 4. The zero-order valence-electron chi connectivity index (χ0n) is 32.1. The van der Waals surface area contributed by atoms with Gasteiger partial charge in [-0.1, -0.05) is 133 Å². The summed E-state index contributed by atoms with van der Waals surface area (Å²) in [6.07, 6.45) is 4.23. The van der Waals surface area contributed by atoms with E-state index in [1.165, 1.54) is 41.1 Å². The van der Waals surface area contributed by atoms with Crippen molar-refractivity contribution in [2.45, 2.75) is 43.8 Å². The highest BCUT2D eigenvalue weighted by molar-refractivity contribution is 6.29. The van der Waals surface area contributed by atoms with Crippen molar-refractivity contribution < 1.29 is 28.4 Å². The summed E-state index contributed by atoms with van der Waals surface area (Å²) in [7, 11) is 0. The predicted molar refractivity (Wildman–Crippen MR) is 224 cm³/mol. The molecule has 4 aromatic carbocycles. The minimum absolute atomic E-state index is 0.0662. The SMILES string of the molecule is CCOC(=O)/C=C/[C@H](CCC(=O)NC(c1ccccc1)(c1ccccc1)c1ccccc1)NC(=O)[C@H](Cc1ccccc1)n1cccc(NC(=O)c2cc(Cl)on2)c1=O. The number of halogens is 1. The van der Waals surface area contributed by atoms with Gasteiger partial charge in [0.25, 0.3) is 11.5 Å². The van der Waals surface area contributed by atoms with Crippen molar-refractivity contribution >= 4 is 41.0 Å². The third kappa shape index (κ3) is 10.5. The molecule has 2 heterocycles. The van der Waals surface area contributed by atoms with Gasteiger partial charge < -0.3 is 29.8 Å². The number of aromatic nitrogens is 2. The lowest BCUT2D eigenvalue weighted by atomic mass is 9.77. The van der Waals surface area contributed by atoms with E-state index in [0.717, 1.165) is 22.3 Å². The van der Waals surface area contributed by atoms with Crippen molar-refractivity contribution in [2.75, 3.05) is 11.9 Å². The number of esters is 1. The molecule has 0 unspecified atom stereocenters. The lowest BCUT2D eigenvalue weighted by molar-refractivity contribution is -0.137. The number of anilines is 1. The number of nitrogens with zero attached hydrogens (tertiary/aromatic N) is 2. The predicted octanol–water partition coefficient (Wildman–Crippen LogP) is 7.02. The van der Waals surface area contributed by atoms with E-state index in [1.54, 1.807) is 6.92 Å². The van der Waals surface area contributed by atoms with Gasteiger partial charge in [0.05, 0.1) is 6.61 Å². The fraction of sp³-hybridized carbons (Fsp3) is 0.174. The molecule has 0 radical (unpaired) electrons. The van der Waals surface area contributed by atoms with Crippen LogP contribution in [0, 0.1) is 0 Å². The van der Waals surface area contributed by atoms with Crippen molar-refractivity contribution in [1.29, 1.82) is 0 Å². The average molecular weight is 812 g/mol. The van der Waals surface area contributed by atoms with Crippen LogP contribution in [0.5, 0.6) is 0 Å². The highest BCUT2D eigenvalue weighted by Gasteiger charge is 2.38. The zero-order chi connectivity index (χ0) is 41.6. The molecular weight excluding hydrogens is 770 g/mol. The molecule has 0 spiro atoms. The molecule has 0 aliphatic rings. The van der Waals surface area contributed by atoms with Gasteiger partial charge in [0.15, 0.2) is 5.69 Å². The molecule has 0 aliphatic carbocycles. The summed E-state index contributed by atoms with van der Waals surface area (Å²) in [5.41, 5.74) is 1.30. The van der Waals surface area contributed by atoms with E-state index in [4.69, 9.17) is 20.9 Å². The topological polar surface area (TPSA) is 162 Å². The molecule has 13 heteroatoms. The highest BCUT2D eigenvalue weighted by atomic mass is 35.5. The molecule has 6 aromatic rings. The van der Waals surface area contributed by atoms with Crippen LogP contribution in [0.3, 0.4) is 0 Å². The summed E-state index contributed by atoms with van der Waals surface area (Å²) < 4.78 is 11.1. The Kier molecular flexibility index (Phi) is 14.0. The van der Waals surface area contributed by atoms with Crippen molar-refractivity contribution in [2.24, 2.45) is 0 Å². The Bertz CT molecular complexity index is 2340. The van der Waals surface area contributed by atoms with Crippen LogP contribution >= 0.6 is 11.6 Å². The summed E-state index contributed by atoms with van der Waals surface area (Å²) in [5.74, 6) is -2.26. The maximum absolute atomic E-state index is 14.4. The Hall–Kier alpha value is -7.05. The number of carbonyl (C=O) groups excluding carboxylic acids is 4. The normalized spacial score (nSPS) is 12.3. The first kappa shape index (κ1) is 41.6. The second-order valence-electron chi connectivity index (χ2n) is 13.5. The van der Waals surface area contributed by atoms with Gasteiger partial charge in [-0.15, -0.1) is 0 Å². The Morgan fingerprint density at radius 1 is 0.831 bits per heavy atom. The second-order valence-corrected chi connectivity index (χ2v) is 13.8. The third-order valence-corrected chi connectivity index (χ3v) is 9.73. The molecule has 0 saturated heterocycles. The van der Waals surface area contributed by atoms with Crippen molar-refractivity contribution in [1.82, 2.24) is 20.4 Å². The van der Waals surface area contributed by atoms with Crippen LogP contribution in [0.25, 0.3) is 0 Å². The monoisotopic (exact) mass is 811 g/mol. The van der Waals surface area contributed by atoms with Gasteiger partial charge in [0.2, 0.25) is 17.0 Å². The van der Waals surface area contributed by atoms with Gasteiger partial charge in [0.1, 0.15) is 17.3 Å². The van der Waals surface area contributed by atoms with E-state index in [9.17, 15) is 24.0 Å². The largest absolute Gasteiger partial charge is 0.463 e. The lowest BCUT2D eigenvalue weighted by Gasteiger charge is -2.37. The number of amides is 3. The van der Waals surface area contributed by atoms with E-state index in [1.807, 2.05) is 121 Å². The number of nitrogens with one attached hydrogen (secondary N) is 3. The molecule has 2 aromatic heterocycles. The Balaban J connectivity index is 1.29. The highest BCUT2D eigenvalue weighted by Crippen LogP contribution is 2.37. The molecule has 300 valence electrons. The van der Waals surface area contributed by atoms with Crippen LogP contribution in [0.15, 0.2) is 167 Å². The third-order valence-electron chi connectivity index (χ3n) is 9.56. The van der Waals surface area contributed by atoms with E-state index in [2.05, 4.69) is 21.1 Å². The van der Waals surface area contributed by atoms with Gasteiger partial charge in [-0.25, -0.2) is 4.79 Å². The summed E-state index contributed by atoms with van der Waals surface area (Å²) in [6.45, 7) is 1.82. The van der Waals surface area contributed by atoms with Gasteiger partial charge in [-0.05, 0) is 59.3 Å². The van der Waals surface area contributed by atoms with Gasteiger partial charge >= 0.3 is 5.97 Å². The molecule has 59 heavy (non-hydrogen) atoms. The Morgan fingerprint density at radius 3 is 1.95 bits per heavy atom. The molecule has 0 saturated carbocycles. The molecule has 6 rings (SSSR count). The first-order valence-electron chi connectivity index (χ1n) is 19.0. The number of hydrogen-bond acceptors (Lipinski definition) is 8. The van der Waals surface area contributed by atoms with Crippen LogP contribution in [-0.4, -0.2) is 46.1 Å². The standard InChI is InChI=1S/C46H42ClN5O7/c1-2-58-42(54)28-26-36(25-27-41(53)50-46(33-18-9-4-10-19-33,34-20-11-5-12-21-34)35-22-13-6-14-23-35)48-44(56)39(30-32-16-7-3-8-17-32)52-29-15-24-37(45(52)57)49-43(55)38-31-40(47)59-51-38/h3-24,26,28-29,31,36,39H,2,25,27,30H2,1H3,(H,48,56)(H,49,55)(H,50,53)/b28-26+/t36-,39-/m0/s1. The average Bonchev–Trinajstić information content (AvgIpc) is 3.71. The number of pyridine rings is 1. The van der Waals surface area contributed by atoms with Gasteiger partial charge in [0, 0.05) is 37.2 Å². The van der Waals surface area contributed by atoms with Gasteiger partial charge in [-0.3, -0.25) is 19.2 Å². The second kappa shape index (κ2) is 19.9. The number of ether oxygens (including phenoxy) is 1. The lowest BCUT2D eigenvalue weighted by Crippen LogP contribution is -2.48. The molecule has 0 bridgehead atoms. The van der Waals surface area contributed by atoms with Crippen LogP contribution in [-0.2, 0) is 31.1 Å². The molecular formula is C46H42ClN5O7. The number of hydrogen-bond donors (Lipinski definition) is 3. The van der Waals surface area contributed by atoms with Crippen molar-refractivity contribution in [3.63, 3.8) is 0 Å². The number of benzene rings is 4. The first-order chi connectivity index (χ1) is 28.7. The van der Waals surface area contributed by atoms with E-state index < -0.39 is 41.0 Å². The first-order valence-corrected chi connectivity index (χ1v) is 19.4. The Morgan fingerprint density at radius 2 is 1.41 bits per heavy atom. The molecule has 0 fully saturated rings.